The van der Waals surface area contributed by atoms with Gasteiger partial charge in [0.05, 0.1) is 0 Å². The third-order valence-corrected chi connectivity index (χ3v) is 5.52. The Kier molecular flexibility index (Phi) is 14.5. The zero-order chi connectivity index (χ0) is 17.7. The molecule has 1 unspecified atom stereocenters. The maximum Gasteiger partial charge on any atom is 4.00 e. The summed E-state index contributed by atoms with van der Waals surface area (Å²) in [6.07, 6.45) is 9.96. The van der Waals surface area contributed by atoms with Crippen LogP contribution >= 0.6 is 0 Å². The molecule has 0 N–H and O–H groups in total. The van der Waals surface area contributed by atoms with Gasteiger partial charge in [0.25, 0.3) is 0 Å². The Bertz CT molecular complexity index is 681. The van der Waals surface area contributed by atoms with Crippen LogP contribution in [0.25, 0.3) is 6.08 Å². The Hall–Kier alpha value is 0.0800. The zero-order valence-corrected chi connectivity index (χ0v) is 22.0. The van der Waals surface area contributed by atoms with Crippen molar-refractivity contribution in [1.29, 1.82) is 0 Å². The van der Waals surface area contributed by atoms with Crippen LogP contribution in [0, 0.1) is 17.6 Å². The molecule has 0 saturated carbocycles. The van der Waals surface area contributed by atoms with Crippen LogP contribution in [0.5, 0.6) is 0 Å². The molecule has 144 valence electrons. The molecule has 5 heteroatoms. The molecule has 2 radical (unpaired) electrons. The van der Waals surface area contributed by atoms with E-state index in [0.29, 0.717) is 15.7 Å². The number of benzene rings is 1. The van der Waals surface area contributed by atoms with Crippen molar-refractivity contribution in [3.05, 3.63) is 64.3 Å². The smallest absolute Gasteiger partial charge is 1.00 e. The third kappa shape index (κ3) is 7.78. The van der Waals surface area contributed by atoms with Gasteiger partial charge in [0, 0.05) is 6.61 Å². The molecule has 0 saturated heterocycles. The van der Waals surface area contributed by atoms with Crippen LogP contribution in [-0.4, -0.2) is 16.4 Å². The molecule has 27 heavy (non-hydrogen) atoms. The topological polar surface area (TPSA) is 9.23 Å². The summed E-state index contributed by atoms with van der Waals surface area (Å²) < 4.78 is 5.38. The maximum atomic E-state index is 5.38. The van der Waals surface area contributed by atoms with Crippen LogP contribution in [0.3, 0.4) is 0 Å². The van der Waals surface area contributed by atoms with Gasteiger partial charge in [-0.25, -0.2) is 11.6 Å². The summed E-state index contributed by atoms with van der Waals surface area (Å²) in [5, 5.41) is 0. The van der Waals surface area contributed by atoms with Gasteiger partial charge in [-0.1, -0.05) is 57.2 Å². The number of hydrogen-bond donors (Lipinski definition) is 0. The Morgan fingerprint density at radius 2 is 1.74 bits per heavy atom. The SMILES string of the molecule is CC1=[C-]C(C)(C)C(C)=C1C.C[Si]OCCC1[C-]=Cc2ccccc21.[Cl-].[Cl-].[Zr+4]. The second-order valence-corrected chi connectivity index (χ2v) is 7.66. The van der Waals surface area contributed by atoms with Crippen molar-refractivity contribution in [2.45, 2.75) is 53.5 Å². The summed E-state index contributed by atoms with van der Waals surface area (Å²) in [5.74, 6) is 0.447. The predicted molar refractivity (Wildman–Crippen MR) is 104 cm³/mol. The van der Waals surface area contributed by atoms with Crippen molar-refractivity contribution in [1.82, 2.24) is 0 Å². The van der Waals surface area contributed by atoms with Gasteiger partial charge in [-0.2, -0.15) is 16.7 Å². The quantitative estimate of drug-likeness (QED) is 0.317. The minimum atomic E-state index is 0. The van der Waals surface area contributed by atoms with Crippen LogP contribution < -0.4 is 24.8 Å². The van der Waals surface area contributed by atoms with E-state index in [9.17, 15) is 0 Å². The molecule has 0 heterocycles. The number of fused-ring (bicyclic) bond motifs is 1. The summed E-state index contributed by atoms with van der Waals surface area (Å²) >= 11 is 0. The minimum Gasteiger partial charge on any atom is -1.00 e. The molecule has 2 aliphatic carbocycles. The molecule has 1 nitrogen and oxygen atoms in total. The average Bonchev–Trinajstić information content (AvgIpc) is 3.04. The van der Waals surface area contributed by atoms with Gasteiger partial charge in [-0.3, -0.25) is 12.2 Å². The largest absolute Gasteiger partial charge is 4.00 e. The van der Waals surface area contributed by atoms with E-state index in [2.05, 4.69) is 83.7 Å². The van der Waals surface area contributed by atoms with Crippen LogP contribution in [0.2, 0.25) is 6.55 Å². The van der Waals surface area contributed by atoms with Crippen molar-refractivity contribution in [2.75, 3.05) is 6.61 Å². The second kappa shape index (κ2) is 13.3. The fourth-order valence-corrected chi connectivity index (χ4v) is 3.49. The Morgan fingerprint density at radius 1 is 1.11 bits per heavy atom. The summed E-state index contributed by atoms with van der Waals surface area (Å²) in [5.41, 5.74) is 7.11. The fraction of sp³-hybridized carbons (Fsp3) is 0.455. The molecule has 0 aromatic heterocycles. The molecule has 1 atom stereocenters. The number of allylic oxidation sites excluding steroid dienone is 5. The zero-order valence-electron chi connectivity index (χ0n) is 17.0. The number of halogens is 2. The van der Waals surface area contributed by atoms with Crippen molar-refractivity contribution in [3.8, 4) is 0 Å². The van der Waals surface area contributed by atoms with Crippen LogP contribution in [0.1, 0.15) is 58.1 Å². The van der Waals surface area contributed by atoms with Crippen LogP contribution in [0.15, 0.2) is 41.0 Å². The number of rotatable bonds is 4. The number of hydrogen-bond acceptors (Lipinski definition) is 1. The standard InChI is InChI=1S/C12H13OSi.C10H15.2ClH.Zr/c1-14-13-9-8-11-7-6-10-4-2-3-5-12(10)11;1-7-6-10(4,5)9(3)8(7)2;;;/h2-6,11H,8-9H2,1H3;1-5H3;2*1H;/q2*-1;;;+4/p-2. The van der Waals surface area contributed by atoms with Crippen molar-refractivity contribution in [3.63, 3.8) is 0 Å². The van der Waals surface area contributed by atoms with Crippen LogP contribution in [0.4, 0.5) is 0 Å². The van der Waals surface area contributed by atoms with E-state index in [1.807, 2.05) is 0 Å². The Balaban J connectivity index is 0. The summed E-state index contributed by atoms with van der Waals surface area (Å²) in [6.45, 7) is 13.8. The molecule has 3 rings (SSSR count). The van der Waals surface area contributed by atoms with E-state index in [1.54, 1.807) is 0 Å². The molecule has 1 aromatic rings. The predicted octanol–water partition coefficient (Wildman–Crippen LogP) is -0.208. The van der Waals surface area contributed by atoms with E-state index in [1.165, 1.54) is 27.8 Å². The average molecular weight is 499 g/mol. The fourth-order valence-electron chi connectivity index (χ4n) is 3.16. The summed E-state index contributed by atoms with van der Waals surface area (Å²) in [4.78, 5) is 0. The first-order chi connectivity index (χ1) is 11.4. The Labute approximate surface area is 200 Å². The molecule has 0 aliphatic heterocycles. The van der Waals surface area contributed by atoms with E-state index in [0.717, 1.165) is 13.0 Å². The van der Waals surface area contributed by atoms with Gasteiger partial charge in [0.15, 0.2) is 0 Å². The molecule has 0 spiro atoms. The third-order valence-electron chi connectivity index (χ3n) is 5.03. The molecule has 2 aliphatic rings. The minimum absolute atomic E-state index is 0. The molecule has 0 fully saturated rings. The van der Waals surface area contributed by atoms with Gasteiger partial charge >= 0.3 is 26.2 Å². The van der Waals surface area contributed by atoms with Gasteiger partial charge in [-0.15, -0.1) is 18.6 Å². The molecule has 0 amide bonds. The first-order valence-corrected chi connectivity index (χ1v) is 10.0. The normalized spacial score (nSPS) is 18.3. The monoisotopic (exact) mass is 496 g/mol. The molecule has 0 bridgehead atoms. The van der Waals surface area contributed by atoms with Gasteiger partial charge in [0.1, 0.15) is 0 Å². The maximum absolute atomic E-state index is 5.38. The van der Waals surface area contributed by atoms with Crippen LogP contribution in [-0.2, 0) is 30.6 Å². The van der Waals surface area contributed by atoms with Crippen molar-refractivity contribution < 1.29 is 55.4 Å². The summed E-state index contributed by atoms with van der Waals surface area (Å²) in [6, 6.07) is 8.49. The second-order valence-electron chi connectivity index (χ2n) is 6.96. The summed E-state index contributed by atoms with van der Waals surface area (Å²) in [7, 11) is 0.595. The molecular weight excluding hydrogens is 470 g/mol. The van der Waals surface area contributed by atoms with E-state index in [4.69, 9.17) is 4.43 Å². The first kappa shape index (κ1) is 29.3. The van der Waals surface area contributed by atoms with Crippen molar-refractivity contribution in [2.24, 2.45) is 5.41 Å². The molecule has 1 aromatic carbocycles. The van der Waals surface area contributed by atoms with Crippen molar-refractivity contribution >= 4 is 15.8 Å². The van der Waals surface area contributed by atoms with E-state index < -0.39 is 0 Å². The van der Waals surface area contributed by atoms with Gasteiger partial charge in [0.2, 0.25) is 9.76 Å². The van der Waals surface area contributed by atoms with E-state index in [-0.39, 0.29) is 56.4 Å². The van der Waals surface area contributed by atoms with Gasteiger partial charge < -0.3 is 29.2 Å². The first-order valence-electron chi connectivity index (χ1n) is 8.63. The van der Waals surface area contributed by atoms with Gasteiger partial charge in [-0.05, 0) is 13.0 Å². The Morgan fingerprint density at radius 3 is 2.22 bits per heavy atom. The van der Waals surface area contributed by atoms with E-state index >= 15 is 0 Å². The molecular formula is C22H28Cl2OSiZr.